The van der Waals surface area contributed by atoms with Crippen LogP contribution in [-0.4, -0.2) is 62.2 Å². The molecule has 0 aliphatic carbocycles. The Morgan fingerprint density at radius 1 is 1.27 bits per heavy atom. The fourth-order valence-electron chi connectivity index (χ4n) is 0.950. The summed E-state index contributed by atoms with van der Waals surface area (Å²) in [5, 5.41) is 8.46. The van der Waals surface area contributed by atoms with Crippen molar-refractivity contribution in [1.82, 2.24) is 4.90 Å². The van der Waals surface area contributed by atoms with Gasteiger partial charge in [0.2, 0.25) is 0 Å². The number of nitrogens with zero attached hydrogens (tertiary/aromatic N) is 1. The molecule has 0 rings (SSSR count). The molecule has 3 N–H and O–H groups in total. The maximum absolute atomic E-state index is 10.9. The number of hydrogen-bond donors (Lipinski definition) is 2. The fraction of sp³-hybridized carbons (Fsp3) is 0.778. The second kappa shape index (κ2) is 9.70. The second-order valence-corrected chi connectivity index (χ2v) is 2.77. The van der Waals surface area contributed by atoms with Gasteiger partial charge in [0.15, 0.2) is 0 Å². The topological polar surface area (TPSA) is 85.0 Å². The summed E-state index contributed by atoms with van der Waals surface area (Å²) in [7, 11) is 0. The summed E-state index contributed by atoms with van der Waals surface area (Å²) in [6.07, 6.45) is 0. The van der Waals surface area contributed by atoms with Gasteiger partial charge in [-0.2, -0.15) is 0 Å². The van der Waals surface area contributed by atoms with Crippen molar-refractivity contribution in [1.29, 1.82) is 0 Å². The Hall–Kier alpha value is -0.850. The lowest BCUT2D eigenvalue weighted by atomic mass is 10.5. The minimum atomic E-state index is -0.504. The molecule has 0 fully saturated rings. The van der Waals surface area contributed by atoms with Crippen LogP contribution in [0.2, 0.25) is 0 Å². The number of carbonyl (C=O) groups is 1. The third kappa shape index (κ3) is 8.17. The molecule has 0 aromatic heterocycles. The van der Waals surface area contributed by atoms with Crippen molar-refractivity contribution in [2.24, 2.45) is 5.73 Å². The van der Waals surface area contributed by atoms with Gasteiger partial charge in [0.05, 0.1) is 26.4 Å². The highest BCUT2D eigenvalue weighted by atomic mass is 16.5. The lowest BCUT2D eigenvalue weighted by Crippen LogP contribution is -2.40. The Morgan fingerprint density at radius 2 is 1.87 bits per heavy atom. The third-order valence-corrected chi connectivity index (χ3v) is 1.70. The number of urea groups is 1. The van der Waals surface area contributed by atoms with Crippen LogP contribution in [0.25, 0.3) is 0 Å². The van der Waals surface area contributed by atoms with Crippen LogP contribution in [0, 0.1) is 6.92 Å². The van der Waals surface area contributed by atoms with Gasteiger partial charge in [0.25, 0.3) is 0 Å². The van der Waals surface area contributed by atoms with E-state index in [1.54, 1.807) is 0 Å². The van der Waals surface area contributed by atoms with Crippen molar-refractivity contribution < 1.29 is 19.4 Å². The standard InChI is InChI=1S/C9H19N2O4/c1-2-14-6-3-11(9(10)13)4-7-15-8-5-12/h12H,1-8H2,(H2,10,13). The Bertz CT molecular complexity index is 166. The minimum Gasteiger partial charge on any atom is -0.394 e. The number of aliphatic hydroxyl groups excluding tert-OH is 1. The molecule has 89 valence electrons. The van der Waals surface area contributed by atoms with E-state index in [4.69, 9.17) is 20.3 Å². The van der Waals surface area contributed by atoms with E-state index in [9.17, 15) is 4.79 Å². The molecule has 0 saturated heterocycles. The number of rotatable bonds is 9. The summed E-state index contributed by atoms with van der Waals surface area (Å²) in [6.45, 7) is 5.70. The normalized spacial score (nSPS) is 10.3. The molecule has 0 atom stereocenters. The van der Waals surface area contributed by atoms with E-state index >= 15 is 0 Å². The van der Waals surface area contributed by atoms with E-state index in [0.29, 0.717) is 32.9 Å². The lowest BCUT2D eigenvalue weighted by molar-refractivity contribution is 0.0717. The molecule has 15 heavy (non-hydrogen) atoms. The van der Waals surface area contributed by atoms with Gasteiger partial charge in [-0.1, -0.05) is 0 Å². The molecule has 1 radical (unpaired) electrons. The Balaban J connectivity index is 3.59. The third-order valence-electron chi connectivity index (χ3n) is 1.70. The van der Waals surface area contributed by atoms with Gasteiger partial charge in [-0.3, -0.25) is 0 Å². The van der Waals surface area contributed by atoms with Gasteiger partial charge in [0, 0.05) is 19.7 Å². The monoisotopic (exact) mass is 219 g/mol. The first-order chi connectivity index (χ1) is 7.22. The average Bonchev–Trinajstić information content (AvgIpc) is 2.21. The highest BCUT2D eigenvalue weighted by molar-refractivity contribution is 5.71. The van der Waals surface area contributed by atoms with Gasteiger partial charge < -0.3 is 25.2 Å². The van der Waals surface area contributed by atoms with Gasteiger partial charge >= 0.3 is 6.03 Å². The van der Waals surface area contributed by atoms with Crippen molar-refractivity contribution in [3.63, 3.8) is 0 Å². The first-order valence-corrected chi connectivity index (χ1v) is 4.82. The maximum Gasteiger partial charge on any atom is 0.314 e. The molecule has 0 aromatic carbocycles. The summed E-state index contributed by atoms with van der Waals surface area (Å²) >= 11 is 0. The minimum absolute atomic E-state index is 0.0266. The van der Waals surface area contributed by atoms with Crippen LogP contribution in [0.15, 0.2) is 0 Å². The van der Waals surface area contributed by atoms with Crippen molar-refractivity contribution in [2.75, 3.05) is 46.1 Å². The lowest BCUT2D eigenvalue weighted by Gasteiger charge is -2.19. The van der Waals surface area contributed by atoms with Gasteiger partial charge in [-0.15, -0.1) is 0 Å². The number of hydrogen-bond acceptors (Lipinski definition) is 4. The summed E-state index contributed by atoms with van der Waals surface area (Å²) in [5.41, 5.74) is 5.14. The van der Waals surface area contributed by atoms with E-state index in [-0.39, 0.29) is 13.2 Å². The van der Waals surface area contributed by atoms with Crippen molar-refractivity contribution in [2.45, 2.75) is 0 Å². The van der Waals surface area contributed by atoms with Gasteiger partial charge in [-0.25, -0.2) is 4.79 Å². The molecule has 6 nitrogen and oxygen atoms in total. The highest BCUT2D eigenvalue weighted by Crippen LogP contribution is 1.89. The van der Waals surface area contributed by atoms with E-state index in [1.165, 1.54) is 4.90 Å². The average molecular weight is 219 g/mol. The van der Waals surface area contributed by atoms with Crippen LogP contribution in [0.4, 0.5) is 4.79 Å². The molecule has 0 heterocycles. The Kier molecular flexibility index (Phi) is 9.15. The molecule has 0 aliphatic heterocycles. The predicted octanol–water partition coefficient (Wildman–Crippen LogP) is -0.773. The molecule has 0 spiro atoms. The van der Waals surface area contributed by atoms with Crippen molar-refractivity contribution in [3.8, 4) is 0 Å². The molecule has 0 aromatic rings. The molecular formula is C9H19N2O4. The molecule has 0 unspecified atom stereocenters. The number of amides is 2. The van der Waals surface area contributed by atoms with Crippen molar-refractivity contribution in [3.05, 3.63) is 6.92 Å². The number of aliphatic hydroxyl groups is 1. The smallest absolute Gasteiger partial charge is 0.314 e. The molecule has 6 heteroatoms. The van der Waals surface area contributed by atoms with E-state index in [2.05, 4.69) is 6.92 Å². The number of primary amides is 1. The zero-order valence-corrected chi connectivity index (χ0v) is 8.85. The Labute approximate surface area is 89.9 Å². The van der Waals surface area contributed by atoms with Gasteiger partial charge in [0.1, 0.15) is 0 Å². The molecule has 0 saturated carbocycles. The summed E-state index contributed by atoms with van der Waals surface area (Å²) in [4.78, 5) is 12.4. The van der Waals surface area contributed by atoms with Crippen LogP contribution < -0.4 is 5.73 Å². The van der Waals surface area contributed by atoms with Crippen molar-refractivity contribution >= 4 is 6.03 Å². The number of carbonyl (C=O) groups excluding carboxylic acids is 1. The fourth-order valence-corrected chi connectivity index (χ4v) is 0.950. The first kappa shape index (κ1) is 14.2. The zero-order chi connectivity index (χ0) is 11.5. The SMILES string of the molecule is [CH2]COCCN(CCOCCO)C(N)=O. The molecule has 0 aliphatic rings. The molecular weight excluding hydrogens is 200 g/mol. The van der Waals surface area contributed by atoms with Gasteiger partial charge in [-0.05, 0) is 6.92 Å². The van der Waals surface area contributed by atoms with Crippen LogP contribution in [0.3, 0.4) is 0 Å². The largest absolute Gasteiger partial charge is 0.394 e. The number of nitrogens with two attached hydrogens (primary N) is 1. The second-order valence-electron chi connectivity index (χ2n) is 2.77. The highest BCUT2D eigenvalue weighted by Gasteiger charge is 2.08. The van der Waals surface area contributed by atoms with Crippen LogP contribution in [-0.2, 0) is 9.47 Å². The zero-order valence-electron chi connectivity index (χ0n) is 8.85. The first-order valence-electron chi connectivity index (χ1n) is 4.82. The van der Waals surface area contributed by atoms with E-state index < -0.39 is 6.03 Å². The van der Waals surface area contributed by atoms with E-state index in [1.807, 2.05) is 0 Å². The predicted molar refractivity (Wildman–Crippen MR) is 55.2 cm³/mol. The van der Waals surface area contributed by atoms with E-state index in [0.717, 1.165) is 0 Å². The summed E-state index contributed by atoms with van der Waals surface area (Å²) in [5.74, 6) is 0. The summed E-state index contributed by atoms with van der Waals surface area (Å²) < 4.78 is 10.0. The van der Waals surface area contributed by atoms with Crippen LogP contribution in [0.1, 0.15) is 0 Å². The number of ether oxygens (including phenoxy) is 2. The Morgan fingerprint density at radius 3 is 2.33 bits per heavy atom. The van der Waals surface area contributed by atoms with Crippen LogP contribution in [0.5, 0.6) is 0 Å². The maximum atomic E-state index is 10.9. The summed E-state index contributed by atoms with van der Waals surface area (Å²) in [6, 6.07) is -0.504. The van der Waals surface area contributed by atoms with Crippen LogP contribution >= 0.6 is 0 Å². The quantitative estimate of drug-likeness (QED) is 0.498. The molecule has 0 bridgehead atoms. The molecule has 2 amide bonds.